The Hall–Kier alpha value is -4.56. The number of nitro groups is 1. The quantitative estimate of drug-likeness (QED) is 0.153. The molecule has 3 rings (SSSR count). The summed E-state index contributed by atoms with van der Waals surface area (Å²) in [6.45, 7) is 1.88. The van der Waals surface area contributed by atoms with E-state index in [4.69, 9.17) is 21.1 Å². The monoisotopic (exact) mass is 531 g/mol. The van der Waals surface area contributed by atoms with E-state index in [-0.39, 0.29) is 27.7 Å². The summed E-state index contributed by atoms with van der Waals surface area (Å²) in [4.78, 5) is 22.9. The van der Waals surface area contributed by atoms with Crippen LogP contribution in [0.25, 0.3) is 6.08 Å². The van der Waals surface area contributed by atoms with Crippen LogP contribution in [0.2, 0.25) is 5.02 Å². The number of methoxy groups -OCH3 is 1. The second kappa shape index (κ2) is 11.0. The summed E-state index contributed by atoms with van der Waals surface area (Å²) in [5.41, 5.74) is -0.694. The molecule has 190 valence electrons. The van der Waals surface area contributed by atoms with Crippen molar-refractivity contribution < 1.29 is 32.4 Å². The number of nitrogens with zero attached hydrogens (tertiary/aromatic N) is 2. The van der Waals surface area contributed by atoms with Gasteiger partial charge in [0.15, 0.2) is 11.5 Å². The zero-order valence-corrected chi connectivity index (χ0v) is 20.0. The molecule has 0 saturated carbocycles. The molecule has 0 radical (unpaired) electrons. The van der Waals surface area contributed by atoms with E-state index in [0.29, 0.717) is 17.8 Å². The minimum atomic E-state index is -4.79. The molecular weight excluding hydrogens is 515 g/mol. The molecule has 1 N–H and O–H groups in total. The van der Waals surface area contributed by atoms with Crippen molar-refractivity contribution in [3.8, 4) is 23.3 Å². The van der Waals surface area contributed by atoms with Crippen molar-refractivity contribution in [3.05, 3.63) is 92.0 Å². The van der Waals surface area contributed by atoms with E-state index in [9.17, 15) is 33.3 Å². The number of nitriles is 1. The molecular formula is C25H17ClF3N3O5. The Bertz CT molecular complexity index is 1430. The van der Waals surface area contributed by atoms with Crippen LogP contribution in [0.4, 0.5) is 24.5 Å². The summed E-state index contributed by atoms with van der Waals surface area (Å²) >= 11 is 6.28. The second-order valence-corrected chi connectivity index (χ2v) is 7.97. The van der Waals surface area contributed by atoms with Crippen LogP contribution in [0.15, 0.2) is 60.2 Å². The Morgan fingerprint density at radius 2 is 1.81 bits per heavy atom. The minimum absolute atomic E-state index is 0.0517. The van der Waals surface area contributed by atoms with Crippen LogP contribution < -0.4 is 14.8 Å². The molecule has 0 bridgehead atoms. The van der Waals surface area contributed by atoms with Crippen LogP contribution in [0.5, 0.6) is 17.2 Å². The van der Waals surface area contributed by atoms with Crippen molar-refractivity contribution in [3.63, 3.8) is 0 Å². The summed E-state index contributed by atoms with van der Waals surface area (Å²) < 4.78 is 49.7. The van der Waals surface area contributed by atoms with Crippen LogP contribution >= 0.6 is 11.6 Å². The van der Waals surface area contributed by atoms with Gasteiger partial charge in [-0.25, -0.2) is 0 Å². The van der Waals surface area contributed by atoms with Gasteiger partial charge in [0.05, 0.1) is 22.6 Å². The number of hydrogen-bond donors (Lipinski definition) is 1. The maximum absolute atomic E-state index is 13.0. The first-order chi connectivity index (χ1) is 17.4. The van der Waals surface area contributed by atoms with Gasteiger partial charge in [-0.15, -0.1) is 0 Å². The highest BCUT2D eigenvalue weighted by Crippen LogP contribution is 2.43. The van der Waals surface area contributed by atoms with E-state index in [1.165, 1.54) is 25.3 Å². The lowest BCUT2D eigenvalue weighted by molar-refractivity contribution is -0.385. The molecule has 3 aromatic rings. The Labute approximate surface area is 213 Å². The van der Waals surface area contributed by atoms with E-state index < -0.39 is 34.0 Å². The Balaban J connectivity index is 1.94. The van der Waals surface area contributed by atoms with Gasteiger partial charge in [-0.05, 0) is 55.0 Å². The number of halogens is 4. The summed E-state index contributed by atoms with van der Waals surface area (Å²) in [5, 5.41) is 23.3. The maximum Gasteiger partial charge on any atom is 0.416 e. The lowest BCUT2D eigenvalue weighted by Gasteiger charge is -2.14. The van der Waals surface area contributed by atoms with Gasteiger partial charge >= 0.3 is 11.9 Å². The first-order valence-electron chi connectivity index (χ1n) is 10.3. The summed E-state index contributed by atoms with van der Waals surface area (Å²) in [7, 11) is 1.24. The average molecular weight is 532 g/mol. The molecule has 0 atom stereocenters. The van der Waals surface area contributed by atoms with Gasteiger partial charge in [0.25, 0.3) is 5.91 Å². The van der Waals surface area contributed by atoms with Gasteiger partial charge in [0.2, 0.25) is 5.75 Å². The lowest BCUT2D eigenvalue weighted by Crippen LogP contribution is -2.13. The molecule has 0 fully saturated rings. The second-order valence-electron chi connectivity index (χ2n) is 7.56. The van der Waals surface area contributed by atoms with Crippen molar-refractivity contribution >= 4 is 35.0 Å². The van der Waals surface area contributed by atoms with Crippen molar-refractivity contribution in [2.45, 2.75) is 13.1 Å². The van der Waals surface area contributed by atoms with Crippen molar-refractivity contribution in [1.82, 2.24) is 0 Å². The number of aryl methyl sites for hydroxylation is 1. The Morgan fingerprint density at radius 3 is 2.38 bits per heavy atom. The molecule has 37 heavy (non-hydrogen) atoms. The van der Waals surface area contributed by atoms with Crippen LogP contribution in [-0.2, 0) is 11.0 Å². The van der Waals surface area contributed by atoms with E-state index in [1.807, 2.05) is 6.92 Å². The summed E-state index contributed by atoms with van der Waals surface area (Å²) in [6.07, 6.45) is -3.56. The van der Waals surface area contributed by atoms with Crippen molar-refractivity contribution in [2.24, 2.45) is 0 Å². The molecule has 0 unspecified atom stereocenters. The van der Waals surface area contributed by atoms with Crippen molar-refractivity contribution in [2.75, 3.05) is 12.4 Å². The fourth-order valence-electron chi connectivity index (χ4n) is 3.11. The average Bonchev–Trinajstić information content (AvgIpc) is 2.84. The van der Waals surface area contributed by atoms with Gasteiger partial charge in [-0.1, -0.05) is 29.3 Å². The van der Waals surface area contributed by atoms with E-state index in [1.54, 1.807) is 30.3 Å². The topological polar surface area (TPSA) is 114 Å². The number of amides is 1. The molecule has 0 aliphatic rings. The first-order valence-corrected chi connectivity index (χ1v) is 10.7. The minimum Gasteiger partial charge on any atom is -0.493 e. The van der Waals surface area contributed by atoms with Crippen LogP contribution in [0, 0.1) is 28.4 Å². The molecule has 0 aromatic heterocycles. The highest BCUT2D eigenvalue weighted by atomic mass is 35.5. The molecule has 8 nitrogen and oxygen atoms in total. The molecule has 0 saturated heterocycles. The standard InChI is InChI=1S/C25H17ClF3N3O5/c1-14-3-6-18(7-4-14)31-24(33)16(13-30)9-15-10-19(26)23(22(11-15)36-2)37-21-8-5-17(25(27,28)29)12-20(21)32(34)35/h3-12H,1-2H3,(H,31,33)/b16-9+. The van der Waals surface area contributed by atoms with Gasteiger partial charge in [-0.3, -0.25) is 14.9 Å². The smallest absolute Gasteiger partial charge is 0.416 e. The molecule has 1 amide bonds. The van der Waals surface area contributed by atoms with Crippen LogP contribution in [0.1, 0.15) is 16.7 Å². The Morgan fingerprint density at radius 1 is 1.14 bits per heavy atom. The largest absolute Gasteiger partial charge is 0.493 e. The molecule has 3 aromatic carbocycles. The fraction of sp³-hybridized carbons (Fsp3) is 0.120. The zero-order valence-electron chi connectivity index (χ0n) is 19.2. The number of carbonyl (C=O) groups is 1. The third kappa shape index (κ3) is 6.56. The number of anilines is 1. The predicted molar refractivity (Wildman–Crippen MR) is 130 cm³/mol. The highest BCUT2D eigenvalue weighted by molar-refractivity contribution is 6.32. The number of hydrogen-bond acceptors (Lipinski definition) is 6. The molecule has 0 heterocycles. The predicted octanol–water partition coefficient (Wildman–Crippen LogP) is 6.92. The van der Waals surface area contributed by atoms with Gasteiger partial charge in [0.1, 0.15) is 11.6 Å². The third-order valence-electron chi connectivity index (χ3n) is 4.93. The first kappa shape index (κ1) is 27.0. The molecule has 12 heteroatoms. The van der Waals surface area contributed by atoms with Gasteiger partial charge in [-0.2, -0.15) is 18.4 Å². The number of rotatable bonds is 7. The SMILES string of the molecule is COc1cc(/C=C(\C#N)C(=O)Nc2ccc(C)cc2)cc(Cl)c1Oc1ccc(C(F)(F)F)cc1[N+](=O)[O-]. The van der Waals surface area contributed by atoms with Gasteiger partial charge < -0.3 is 14.8 Å². The zero-order chi connectivity index (χ0) is 27.3. The number of benzene rings is 3. The summed E-state index contributed by atoms with van der Waals surface area (Å²) in [6, 6.07) is 13.1. The van der Waals surface area contributed by atoms with Crippen LogP contribution in [-0.4, -0.2) is 17.9 Å². The molecule has 0 spiro atoms. The van der Waals surface area contributed by atoms with Crippen LogP contribution in [0.3, 0.4) is 0 Å². The number of nitrogens with one attached hydrogen (secondary N) is 1. The number of carbonyl (C=O) groups excluding carboxylic acids is 1. The molecule has 0 aliphatic heterocycles. The Kier molecular flexibility index (Phi) is 8.04. The maximum atomic E-state index is 13.0. The number of nitro benzene ring substituents is 1. The van der Waals surface area contributed by atoms with E-state index in [2.05, 4.69) is 5.32 Å². The lowest BCUT2D eigenvalue weighted by atomic mass is 10.1. The number of ether oxygens (including phenoxy) is 2. The summed E-state index contributed by atoms with van der Waals surface area (Å²) in [5.74, 6) is -1.45. The molecule has 0 aliphatic carbocycles. The normalized spacial score (nSPS) is 11.4. The highest BCUT2D eigenvalue weighted by Gasteiger charge is 2.33. The number of alkyl halides is 3. The van der Waals surface area contributed by atoms with E-state index >= 15 is 0 Å². The van der Waals surface area contributed by atoms with Crippen molar-refractivity contribution in [1.29, 1.82) is 5.26 Å². The third-order valence-corrected chi connectivity index (χ3v) is 5.21. The fourth-order valence-corrected chi connectivity index (χ4v) is 3.36. The van der Waals surface area contributed by atoms with E-state index in [0.717, 1.165) is 11.6 Å². The van der Waals surface area contributed by atoms with Gasteiger partial charge in [0, 0.05) is 11.8 Å².